The van der Waals surface area contributed by atoms with Gasteiger partial charge in [-0.1, -0.05) is 11.6 Å². The van der Waals surface area contributed by atoms with Gasteiger partial charge in [-0.25, -0.2) is 9.97 Å². The lowest BCUT2D eigenvalue weighted by Crippen LogP contribution is -2.20. The van der Waals surface area contributed by atoms with E-state index in [1.54, 1.807) is 0 Å². The summed E-state index contributed by atoms with van der Waals surface area (Å²) in [6.45, 7) is 0.590. The highest BCUT2D eigenvalue weighted by atomic mass is 35.5. The van der Waals surface area contributed by atoms with E-state index in [1.165, 1.54) is 0 Å². The summed E-state index contributed by atoms with van der Waals surface area (Å²) >= 11 is 5.41. The molecule has 1 amide bonds. The van der Waals surface area contributed by atoms with Crippen LogP contribution in [-0.4, -0.2) is 15.9 Å². The highest BCUT2D eigenvalue weighted by Crippen LogP contribution is 2.31. The molecule has 15 heavy (non-hydrogen) atoms. The summed E-state index contributed by atoms with van der Waals surface area (Å²) in [5.41, 5.74) is 8.89. The highest BCUT2D eigenvalue weighted by molar-refractivity contribution is 6.30. The first-order valence-corrected chi connectivity index (χ1v) is 4.12. The Hall–Kier alpha value is -1.50. The molecule has 0 aliphatic heterocycles. The quantitative estimate of drug-likeness (QED) is 0.798. The van der Waals surface area contributed by atoms with E-state index in [4.69, 9.17) is 23.1 Å². The molecule has 0 saturated carbocycles. The number of carbonyl (C=O) groups is 1. The van der Waals surface area contributed by atoms with Crippen LogP contribution in [0.1, 0.15) is 23.1 Å². The highest BCUT2D eigenvalue weighted by Gasteiger charge is 2.31. The number of rotatable bonds is 2. The number of nitrogens with two attached hydrogens (primary N) is 2. The zero-order valence-corrected chi connectivity index (χ0v) is 8.35. The van der Waals surface area contributed by atoms with Crippen LogP contribution in [0.4, 0.5) is 14.6 Å². The lowest BCUT2D eigenvalue weighted by molar-refractivity contribution is 0.0126. The third-order valence-corrected chi connectivity index (χ3v) is 1.79. The van der Waals surface area contributed by atoms with Crippen LogP contribution in [0.3, 0.4) is 0 Å². The molecule has 1 aromatic rings. The molecule has 0 unspecified atom stereocenters. The lowest BCUT2D eigenvalue weighted by atomic mass is 10.2. The standard InChI is InChI=1S/C7H7ClF2N4O/c1-7(9,10)3-4(8)13-2(6(12)15)5(11)14-3/h1H3,(H2,11,14)(H2,12,15). The van der Waals surface area contributed by atoms with E-state index >= 15 is 0 Å². The molecule has 82 valence electrons. The number of aromatic nitrogens is 2. The molecule has 0 fully saturated rings. The monoisotopic (exact) mass is 236 g/mol. The fraction of sp³-hybridized carbons (Fsp3) is 0.286. The van der Waals surface area contributed by atoms with E-state index in [-0.39, 0.29) is 0 Å². The molecule has 1 aromatic heterocycles. The van der Waals surface area contributed by atoms with Crippen molar-refractivity contribution in [3.05, 3.63) is 16.5 Å². The molecular formula is C7H7ClF2N4O. The second kappa shape index (κ2) is 3.58. The minimum absolute atomic E-state index is 0.423. The third kappa shape index (κ3) is 2.30. The first-order valence-electron chi connectivity index (χ1n) is 3.74. The molecule has 4 N–H and O–H groups in total. The van der Waals surface area contributed by atoms with Crippen molar-refractivity contribution in [2.75, 3.05) is 5.73 Å². The van der Waals surface area contributed by atoms with Crippen LogP contribution in [0.2, 0.25) is 5.15 Å². The number of primary amides is 1. The van der Waals surface area contributed by atoms with E-state index in [2.05, 4.69) is 9.97 Å². The van der Waals surface area contributed by atoms with Crippen LogP contribution < -0.4 is 11.5 Å². The first kappa shape index (κ1) is 11.6. The van der Waals surface area contributed by atoms with E-state index in [9.17, 15) is 13.6 Å². The first-order chi connectivity index (χ1) is 6.73. The average Bonchev–Trinajstić information content (AvgIpc) is 2.06. The van der Waals surface area contributed by atoms with Gasteiger partial charge in [-0.05, 0) is 0 Å². The summed E-state index contributed by atoms with van der Waals surface area (Å²) in [7, 11) is 0. The second-order valence-corrected chi connectivity index (χ2v) is 3.21. The Kier molecular flexibility index (Phi) is 2.76. The van der Waals surface area contributed by atoms with Gasteiger partial charge < -0.3 is 11.5 Å². The van der Waals surface area contributed by atoms with Gasteiger partial charge in [0.2, 0.25) is 0 Å². The maximum atomic E-state index is 12.9. The number of hydrogen-bond acceptors (Lipinski definition) is 4. The molecular weight excluding hydrogens is 230 g/mol. The van der Waals surface area contributed by atoms with Crippen molar-refractivity contribution >= 4 is 23.3 Å². The number of nitrogens with zero attached hydrogens (tertiary/aromatic N) is 2. The van der Waals surface area contributed by atoms with E-state index in [1.807, 2.05) is 0 Å². The maximum absolute atomic E-state index is 12.9. The van der Waals surface area contributed by atoms with E-state index < -0.39 is 34.2 Å². The summed E-state index contributed by atoms with van der Waals surface area (Å²) in [5.74, 6) is -4.73. The number of carbonyl (C=O) groups excluding carboxylic acids is 1. The minimum Gasteiger partial charge on any atom is -0.382 e. The normalized spacial score (nSPS) is 11.5. The van der Waals surface area contributed by atoms with Crippen LogP contribution in [0.5, 0.6) is 0 Å². The molecule has 0 radical (unpaired) electrons. The van der Waals surface area contributed by atoms with Gasteiger partial charge in [-0.3, -0.25) is 4.79 Å². The number of nitrogen functional groups attached to an aromatic ring is 1. The van der Waals surface area contributed by atoms with Crippen LogP contribution in [0, 0.1) is 0 Å². The average molecular weight is 237 g/mol. The predicted molar refractivity (Wildman–Crippen MR) is 49.5 cm³/mol. The Labute approximate surface area is 88.4 Å². The van der Waals surface area contributed by atoms with Crippen LogP contribution in [-0.2, 0) is 5.92 Å². The fourth-order valence-corrected chi connectivity index (χ4v) is 1.18. The number of amides is 1. The van der Waals surface area contributed by atoms with Crippen molar-refractivity contribution in [2.24, 2.45) is 5.73 Å². The van der Waals surface area contributed by atoms with Gasteiger partial charge in [-0.15, -0.1) is 0 Å². The largest absolute Gasteiger partial charge is 0.382 e. The summed E-state index contributed by atoms with van der Waals surface area (Å²) < 4.78 is 25.7. The Morgan fingerprint density at radius 3 is 2.40 bits per heavy atom. The molecule has 8 heteroatoms. The Morgan fingerprint density at radius 1 is 1.47 bits per heavy atom. The molecule has 0 atom stereocenters. The van der Waals surface area contributed by atoms with Gasteiger partial charge in [0.15, 0.2) is 16.7 Å². The van der Waals surface area contributed by atoms with Crippen molar-refractivity contribution in [3.63, 3.8) is 0 Å². The minimum atomic E-state index is -3.28. The number of halogens is 3. The summed E-state index contributed by atoms with van der Waals surface area (Å²) in [4.78, 5) is 17.4. The van der Waals surface area contributed by atoms with Gasteiger partial charge in [0.05, 0.1) is 0 Å². The lowest BCUT2D eigenvalue weighted by Gasteiger charge is -2.12. The zero-order valence-electron chi connectivity index (χ0n) is 7.59. The predicted octanol–water partition coefficient (Wildman–Crippen LogP) is 0.923. The van der Waals surface area contributed by atoms with Gasteiger partial charge in [0, 0.05) is 6.92 Å². The Bertz CT molecular complexity index is 418. The van der Waals surface area contributed by atoms with Gasteiger partial charge in [-0.2, -0.15) is 8.78 Å². The number of anilines is 1. The Balaban J connectivity index is 3.39. The van der Waals surface area contributed by atoms with Crippen LogP contribution in [0.15, 0.2) is 0 Å². The molecule has 1 heterocycles. The second-order valence-electron chi connectivity index (χ2n) is 2.85. The smallest absolute Gasteiger partial charge is 0.290 e. The number of hydrogen-bond donors (Lipinski definition) is 2. The molecule has 0 aliphatic carbocycles. The van der Waals surface area contributed by atoms with E-state index in [0.29, 0.717) is 6.92 Å². The number of alkyl halides is 2. The van der Waals surface area contributed by atoms with Gasteiger partial charge in [0.1, 0.15) is 5.69 Å². The van der Waals surface area contributed by atoms with Crippen LogP contribution in [0.25, 0.3) is 0 Å². The van der Waals surface area contributed by atoms with Crippen molar-refractivity contribution < 1.29 is 13.6 Å². The van der Waals surface area contributed by atoms with Crippen LogP contribution >= 0.6 is 11.6 Å². The fourth-order valence-electron chi connectivity index (χ4n) is 0.889. The molecule has 0 aliphatic rings. The zero-order chi connectivity index (χ0) is 11.8. The van der Waals surface area contributed by atoms with Crippen molar-refractivity contribution in [1.82, 2.24) is 9.97 Å². The summed E-state index contributed by atoms with van der Waals surface area (Å²) in [5, 5.41) is -0.592. The Morgan fingerprint density at radius 2 is 2.00 bits per heavy atom. The van der Waals surface area contributed by atoms with Gasteiger partial charge in [0.25, 0.3) is 11.8 Å². The van der Waals surface area contributed by atoms with Gasteiger partial charge >= 0.3 is 0 Å². The molecule has 0 aromatic carbocycles. The summed E-state index contributed by atoms with van der Waals surface area (Å²) in [6.07, 6.45) is 0. The topological polar surface area (TPSA) is 94.9 Å². The molecule has 0 saturated heterocycles. The molecule has 1 rings (SSSR count). The molecule has 0 bridgehead atoms. The third-order valence-electron chi connectivity index (χ3n) is 1.53. The SMILES string of the molecule is CC(F)(F)c1nc(N)c(C(N)=O)nc1Cl. The maximum Gasteiger partial charge on any atom is 0.290 e. The molecule has 5 nitrogen and oxygen atoms in total. The van der Waals surface area contributed by atoms with Crippen molar-refractivity contribution in [1.29, 1.82) is 0 Å². The van der Waals surface area contributed by atoms with E-state index in [0.717, 1.165) is 0 Å². The summed E-state index contributed by atoms with van der Waals surface area (Å²) in [6, 6.07) is 0. The van der Waals surface area contributed by atoms with Crippen molar-refractivity contribution in [3.8, 4) is 0 Å². The molecule has 0 spiro atoms. The van der Waals surface area contributed by atoms with Crippen molar-refractivity contribution in [2.45, 2.75) is 12.8 Å².